The van der Waals surface area contributed by atoms with Gasteiger partial charge in [-0.25, -0.2) is 14.6 Å². The van der Waals surface area contributed by atoms with Crippen molar-refractivity contribution in [2.24, 2.45) is 5.41 Å². The number of nitrogens with one attached hydrogen (secondary N) is 2. The maximum atomic E-state index is 5.29. The summed E-state index contributed by atoms with van der Waals surface area (Å²) in [5.74, 6) is 1.45. The van der Waals surface area contributed by atoms with Crippen LogP contribution in [0, 0.1) is 5.41 Å². The maximum Gasteiger partial charge on any atom is 0.245 e. The first-order valence-electron chi connectivity index (χ1n) is 7.80. The Kier molecular flexibility index (Phi) is 3.33. The lowest BCUT2D eigenvalue weighted by Gasteiger charge is -2.38. The van der Waals surface area contributed by atoms with Gasteiger partial charge >= 0.3 is 0 Å². The first-order valence-corrected chi connectivity index (χ1v) is 7.80. The molecule has 0 amide bonds. The van der Waals surface area contributed by atoms with Gasteiger partial charge in [0.2, 0.25) is 11.3 Å². The van der Waals surface area contributed by atoms with Crippen molar-refractivity contribution in [3.63, 3.8) is 0 Å². The third-order valence-corrected chi connectivity index (χ3v) is 4.39. The lowest BCUT2D eigenvalue weighted by molar-refractivity contribution is -0.0924. The normalized spacial score (nSPS) is 21.0. The molecular weight excluding hydrogens is 284 g/mol. The maximum absolute atomic E-state index is 5.29. The van der Waals surface area contributed by atoms with Crippen LogP contribution in [0.15, 0.2) is 4.63 Å². The Hall–Kier alpha value is -1.96. The molecule has 0 spiro atoms. The molecule has 1 aliphatic carbocycles. The summed E-state index contributed by atoms with van der Waals surface area (Å²) < 4.78 is 10.0. The van der Waals surface area contributed by atoms with Crippen LogP contribution < -0.4 is 10.6 Å². The topological polar surface area (TPSA) is 98.0 Å². The highest BCUT2D eigenvalue weighted by atomic mass is 16.6. The van der Waals surface area contributed by atoms with Crippen molar-refractivity contribution in [3.8, 4) is 0 Å². The minimum atomic E-state index is 0.156. The molecule has 1 saturated heterocycles. The number of rotatable bonds is 5. The third-order valence-electron chi connectivity index (χ3n) is 4.39. The van der Waals surface area contributed by atoms with Gasteiger partial charge in [-0.05, 0) is 23.2 Å². The van der Waals surface area contributed by atoms with Crippen molar-refractivity contribution in [2.45, 2.75) is 38.6 Å². The van der Waals surface area contributed by atoms with Gasteiger partial charge in [0.05, 0.1) is 13.2 Å². The van der Waals surface area contributed by atoms with E-state index in [2.05, 4.69) is 37.8 Å². The summed E-state index contributed by atoms with van der Waals surface area (Å²) >= 11 is 0. The molecule has 0 aromatic carbocycles. The second kappa shape index (κ2) is 5.35. The number of hydrogen-bond acceptors (Lipinski definition) is 8. The standard InChI is InChI=1S/C14H20N6O2/c1-14(7-21-8-14)6-15-10-11(16-9-4-2-3-5-9)18-13-12(17-10)19-22-20-13/h9H,2-8H2,1H3,(H,15,17,19)(H,16,18,20). The van der Waals surface area contributed by atoms with Crippen molar-refractivity contribution < 1.29 is 9.37 Å². The molecule has 2 aromatic heterocycles. The van der Waals surface area contributed by atoms with E-state index < -0.39 is 0 Å². The Morgan fingerprint density at radius 1 is 1.09 bits per heavy atom. The highest BCUT2D eigenvalue weighted by Gasteiger charge is 2.33. The van der Waals surface area contributed by atoms with Gasteiger partial charge in [0.15, 0.2) is 11.6 Å². The van der Waals surface area contributed by atoms with Crippen LogP contribution in [0.25, 0.3) is 11.3 Å². The molecule has 22 heavy (non-hydrogen) atoms. The molecular formula is C14H20N6O2. The quantitative estimate of drug-likeness (QED) is 0.863. The van der Waals surface area contributed by atoms with E-state index in [1.807, 2.05) is 0 Å². The van der Waals surface area contributed by atoms with E-state index in [4.69, 9.17) is 9.37 Å². The zero-order valence-corrected chi connectivity index (χ0v) is 12.6. The zero-order valence-electron chi connectivity index (χ0n) is 12.6. The molecule has 2 N–H and O–H groups in total. The van der Waals surface area contributed by atoms with Gasteiger partial charge in [0, 0.05) is 18.0 Å². The molecule has 0 bridgehead atoms. The fourth-order valence-corrected chi connectivity index (χ4v) is 2.98. The van der Waals surface area contributed by atoms with Crippen molar-refractivity contribution in [3.05, 3.63) is 0 Å². The Morgan fingerprint density at radius 2 is 1.77 bits per heavy atom. The van der Waals surface area contributed by atoms with Gasteiger partial charge in [-0.15, -0.1) is 0 Å². The van der Waals surface area contributed by atoms with Gasteiger partial charge < -0.3 is 15.4 Å². The summed E-state index contributed by atoms with van der Waals surface area (Å²) in [6, 6.07) is 0.454. The molecule has 8 heteroatoms. The van der Waals surface area contributed by atoms with Crippen LogP contribution in [-0.2, 0) is 4.74 Å². The number of aromatic nitrogens is 4. The van der Waals surface area contributed by atoms with Crippen LogP contribution in [0.4, 0.5) is 11.6 Å². The second-order valence-corrected chi connectivity index (χ2v) is 6.61. The van der Waals surface area contributed by atoms with E-state index in [0.29, 0.717) is 23.2 Å². The van der Waals surface area contributed by atoms with Gasteiger partial charge in [0.25, 0.3) is 0 Å². The Morgan fingerprint density at radius 3 is 2.41 bits per heavy atom. The monoisotopic (exact) mass is 304 g/mol. The smallest absolute Gasteiger partial charge is 0.245 e. The number of ether oxygens (including phenoxy) is 1. The second-order valence-electron chi connectivity index (χ2n) is 6.61. The fourth-order valence-electron chi connectivity index (χ4n) is 2.98. The molecule has 0 atom stereocenters. The van der Waals surface area contributed by atoms with Gasteiger partial charge in [-0.3, -0.25) is 0 Å². The predicted molar refractivity (Wildman–Crippen MR) is 80.7 cm³/mol. The zero-order chi connectivity index (χ0) is 15.0. The van der Waals surface area contributed by atoms with Crippen LogP contribution >= 0.6 is 0 Å². The summed E-state index contributed by atoms with van der Waals surface area (Å²) in [6.07, 6.45) is 4.86. The van der Waals surface area contributed by atoms with E-state index in [1.165, 1.54) is 25.7 Å². The molecule has 0 radical (unpaired) electrons. The van der Waals surface area contributed by atoms with Crippen LogP contribution in [0.1, 0.15) is 32.6 Å². The van der Waals surface area contributed by atoms with Gasteiger partial charge in [-0.1, -0.05) is 19.8 Å². The van der Waals surface area contributed by atoms with Gasteiger partial charge in [0.1, 0.15) is 0 Å². The number of nitrogens with zero attached hydrogens (tertiary/aromatic N) is 4. The van der Waals surface area contributed by atoms with Crippen LogP contribution in [0.5, 0.6) is 0 Å². The Bertz CT molecular complexity index is 662. The van der Waals surface area contributed by atoms with E-state index >= 15 is 0 Å². The highest BCUT2D eigenvalue weighted by molar-refractivity contribution is 5.73. The summed E-state index contributed by atoms with van der Waals surface area (Å²) in [5, 5.41) is 14.4. The fraction of sp³-hybridized carbons (Fsp3) is 0.714. The van der Waals surface area contributed by atoms with Gasteiger partial charge in [-0.2, -0.15) is 0 Å². The number of hydrogen-bond donors (Lipinski definition) is 2. The summed E-state index contributed by atoms with van der Waals surface area (Å²) in [7, 11) is 0. The summed E-state index contributed by atoms with van der Waals surface area (Å²) in [6.45, 7) is 4.52. The van der Waals surface area contributed by atoms with Crippen molar-refractivity contribution in [1.29, 1.82) is 0 Å². The van der Waals surface area contributed by atoms with E-state index in [1.54, 1.807) is 0 Å². The Labute approximate surface area is 128 Å². The van der Waals surface area contributed by atoms with E-state index in [0.717, 1.165) is 25.6 Å². The molecule has 4 rings (SSSR count). The molecule has 118 valence electrons. The molecule has 2 fully saturated rings. The van der Waals surface area contributed by atoms with E-state index in [9.17, 15) is 0 Å². The average Bonchev–Trinajstić information content (AvgIpc) is 3.13. The Balaban J connectivity index is 1.58. The first kappa shape index (κ1) is 13.7. The largest absolute Gasteiger partial charge is 0.380 e. The number of fused-ring (bicyclic) bond motifs is 1. The lowest BCUT2D eigenvalue weighted by Crippen LogP contribution is -2.45. The van der Waals surface area contributed by atoms with Crippen molar-refractivity contribution in [2.75, 3.05) is 30.4 Å². The van der Waals surface area contributed by atoms with E-state index in [-0.39, 0.29) is 5.41 Å². The molecule has 3 heterocycles. The average molecular weight is 304 g/mol. The number of anilines is 2. The molecule has 1 aliphatic heterocycles. The summed E-state index contributed by atoms with van der Waals surface area (Å²) in [4.78, 5) is 9.00. The lowest BCUT2D eigenvalue weighted by atomic mass is 9.89. The summed E-state index contributed by atoms with van der Waals surface area (Å²) in [5.41, 5.74) is 1.02. The molecule has 2 aliphatic rings. The van der Waals surface area contributed by atoms with Crippen LogP contribution in [-0.4, -0.2) is 46.1 Å². The van der Waals surface area contributed by atoms with Crippen molar-refractivity contribution >= 4 is 22.9 Å². The van der Waals surface area contributed by atoms with Crippen molar-refractivity contribution in [1.82, 2.24) is 20.3 Å². The third kappa shape index (κ3) is 2.58. The molecule has 2 aromatic rings. The molecule has 1 saturated carbocycles. The highest BCUT2D eigenvalue weighted by Crippen LogP contribution is 2.29. The minimum Gasteiger partial charge on any atom is -0.380 e. The molecule has 8 nitrogen and oxygen atoms in total. The predicted octanol–water partition coefficient (Wildman–Crippen LogP) is 1.82. The van der Waals surface area contributed by atoms with Crippen LogP contribution in [0.3, 0.4) is 0 Å². The SMILES string of the molecule is CC1(CNc2nc3nonc3nc2NC2CCCC2)COC1. The minimum absolute atomic E-state index is 0.156. The first-order chi connectivity index (χ1) is 10.7. The molecule has 0 unspecified atom stereocenters. The van der Waals surface area contributed by atoms with Crippen LogP contribution in [0.2, 0.25) is 0 Å².